The van der Waals surface area contributed by atoms with Crippen LogP contribution in [-0.4, -0.2) is 5.25 Å². The summed E-state index contributed by atoms with van der Waals surface area (Å²) in [6, 6.07) is 0. The van der Waals surface area contributed by atoms with Gasteiger partial charge in [-0.3, -0.25) is 0 Å². The Morgan fingerprint density at radius 1 is 1.05 bits per heavy atom. The summed E-state index contributed by atoms with van der Waals surface area (Å²) in [5.41, 5.74) is 0. The molecule has 19 heavy (non-hydrogen) atoms. The van der Waals surface area contributed by atoms with Gasteiger partial charge in [0.2, 0.25) is 0 Å². The summed E-state index contributed by atoms with van der Waals surface area (Å²) in [6.07, 6.45) is 7.40. The summed E-state index contributed by atoms with van der Waals surface area (Å²) >= 11 is 4.92. The first kappa shape index (κ1) is 19.1. The molecule has 0 aliphatic heterocycles. The first-order valence-corrected chi connectivity index (χ1v) is 8.67. The van der Waals surface area contributed by atoms with Gasteiger partial charge in [0.05, 0.1) is 0 Å². The van der Waals surface area contributed by atoms with Crippen molar-refractivity contribution in [3.8, 4) is 0 Å². The van der Waals surface area contributed by atoms with Gasteiger partial charge in [0, 0.05) is 5.25 Å². The molecule has 0 amide bonds. The molecule has 0 rings (SSSR count). The average Bonchev–Trinajstić information content (AvgIpc) is 2.33. The van der Waals surface area contributed by atoms with Crippen LogP contribution in [0, 0.1) is 29.6 Å². The number of hydrogen-bond acceptors (Lipinski definition) is 1. The number of rotatable bonds is 10. The third kappa shape index (κ3) is 6.88. The van der Waals surface area contributed by atoms with Gasteiger partial charge in [-0.05, 0) is 36.0 Å². The lowest BCUT2D eigenvalue weighted by atomic mass is 9.78. The predicted octanol–water partition coefficient (Wildman–Crippen LogP) is 6.23. The minimum atomic E-state index is 0.495. The van der Waals surface area contributed by atoms with Gasteiger partial charge in [-0.15, -0.1) is 6.58 Å². The maximum atomic E-state index is 4.92. The summed E-state index contributed by atoms with van der Waals surface area (Å²) in [7, 11) is 0. The Labute approximate surface area is 127 Å². The Hall–Kier alpha value is 0.0900. The van der Waals surface area contributed by atoms with E-state index in [1.165, 1.54) is 25.7 Å². The largest absolute Gasteiger partial charge is 0.176 e. The third-order valence-electron chi connectivity index (χ3n) is 4.67. The van der Waals surface area contributed by atoms with Crippen molar-refractivity contribution in [1.29, 1.82) is 0 Å². The summed E-state index contributed by atoms with van der Waals surface area (Å²) in [5.74, 6) is 3.46. The minimum Gasteiger partial charge on any atom is -0.176 e. The first-order valence-electron chi connectivity index (χ1n) is 8.15. The van der Waals surface area contributed by atoms with Crippen LogP contribution in [0.25, 0.3) is 0 Å². The van der Waals surface area contributed by atoms with Crippen molar-refractivity contribution in [3.63, 3.8) is 0 Å². The van der Waals surface area contributed by atoms with Crippen molar-refractivity contribution in [1.82, 2.24) is 0 Å². The Bertz CT molecular complexity index is 232. The zero-order valence-corrected chi connectivity index (χ0v) is 14.9. The van der Waals surface area contributed by atoms with E-state index in [-0.39, 0.29) is 0 Å². The molecule has 0 nitrogen and oxygen atoms in total. The summed E-state index contributed by atoms with van der Waals surface area (Å²) in [6.45, 7) is 18.0. The monoisotopic (exact) mass is 284 g/mol. The highest BCUT2D eigenvalue weighted by Crippen LogP contribution is 2.33. The zero-order valence-electron chi connectivity index (χ0n) is 14.0. The first-order chi connectivity index (χ1) is 8.84. The molecule has 0 radical (unpaired) electrons. The van der Waals surface area contributed by atoms with Crippen molar-refractivity contribution < 1.29 is 0 Å². The second-order valence-corrected chi connectivity index (χ2v) is 7.53. The molecule has 0 saturated heterocycles. The average molecular weight is 285 g/mol. The highest BCUT2D eigenvalue weighted by atomic mass is 32.1. The molecule has 1 heteroatoms. The normalized spacial score (nSPS) is 18.4. The van der Waals surface area contributed by atoms with Crippen molar-refractivity contribution in [2.45, 2.75) is 72.5 Å². The van der Waals surface area contributed by atoms with Crippen molar-refractivity contribution in [2.75, 3.05) is 0 Å². The van der Waals surface area contributed by atoms with Gasteiger partial charge >= 0.3 is 0 Å². The zero-order chi connectivity index (χ0) is 15.0. The highest BCUT2D eigenvalue weighted by molar-refractivity contribution is 7.81. The van der Waals surface area contributed by atoms with E-state index in [4.69, 9.17) is 12.6 Å². The summed E-state index contributed by atoms with van der Waals surface area (Å²) < 4.78 is 0. The molecule has 0 aromatic heterocycles. The molecule has 0 bridgehead atoms. The highest BCUT2D eigenvalue weighted by Gasteiger charge is 2.26. The number of hydrogen-bond donors (Lipinski definition) is 1. The topological polar surface area (TPSA) is 0 Å². The molecule has 0 saturated carbocycles. The molecule has 0 N–H and O–H groups in total. The lowest BCUT2D eigenvalue weighted by Crippen LogP contribution is -2.27. The van der Waals surface area contributed by atoms with Gasteiger partial charge in [0.15, 0.2) is 0 Å². The molecular weight excluding hydrogens is 248 g/mol. The van der Waals surface area contributed by atoms with E-state index >= 15 is 0 Å². The van der Waals surface area contributed by atoms with Crippen LogP contribution in [0.5, 0.6) is 0 Å². The smallest absolute Gasteiger partial charge is 0.00508 e. The van der Waals surface area contributed by atoms with Crippen molar-refractivity contribution in [2.24, 2.45) is 29.6 Å². The van der Waals surface area contributed by atoms with Crippen LogP contribution in [-0.2, 0) is 0 Å². The molecule has 0 aliphatic rings. The molecule has 4 atom stereocenters. The van der Waals surface area contributed by atoms with E-state index in [9.17, 15) is 0 Å². The molecule has 0 aliphatic carbocycles. The van der Waals surface area contributed by atoms with Crippen LogP contribution in [0.1, 0.15) is 67.2 Å². The minimum absolute atomic E-state index is 0.495. The van der Waals surface area contributed by atoms with Crippen LogP contribution in [0.2, 0.25) is 0 Å². The Morgan fingerprint density at radius 3 is 2.00 bits per heavy atom. The van der Waals surface area contributed by atoms with Gasteiger partial charge in [-0.1, -0.05) is 66.9 Å². The quantitative estimate of drug-likeness (QED) is 0.357. The number of thiol groups is 1. The summed E-state index contributed by atoms with van der Waals surface area (Å²) in [5, 5.41) is 0.495. The standard InChI is InChI=1S/C18H36S/c1-8-10-11-16(13(3)4)12-18(19)15(7)17(9-2)14(5)6/h9,13-19H,2,8,10-12H2,1,3-7H3. The Morgan fingerprint density at radius 2 is 1.63 bits per heavy atom. The molecule has 0 fully saturated rings. The van der Waals surface area contributed by atoms with Gasteiger partial charge < -0.3 is 0 Å². The lowest BCUT2D eigenvalue weighted by molar-refractivity contribution is 0.265. The van der Waals surface area contributed by atoms with Gasteiger partial charge in [0.25, 0.3) is 0 Å². The van der Waals surface area contributed by atoms with Crippen molar-refractivity contribution in [3.05, 3.63) is 12.7 Å². The van der Waals surface area contributed by atoms with Gasteiger partial charge in [0.1, 0.15) is 0 Å². The predicted molar refractivity (Wildman–Crippen MR) is 92.9 cm³/mol. The van der Waals surface area contributed by atoms with E-state index in [2.05, 4.69) is 54.2 Å². The van der Waals surface area contributed by atoms with E-state index in [1.54, 1.807) is 0 Å². The maximum absolute atomic E-state index is 4.92. The van der Waals surface area contributed by atoms with Gasteiger partial charge in [-0.2, -0.15) is 12.6 Å². The van der Waals surface area contributed by atoms with Crippen LogP contribution < -0.4 is 0 Å². The van der Waals surface area contributed by atoms with Crippen molar-refractivity contribution >= 4 is 12.6 Å². The molecular formula is C18H36S. The van der Waals surface area contributed by atoms with E-state index < -0.39 is 0 Å². The fourth-order valence-electron chi connectivity index (χ4n) is 3.06. The Kier molecular flexibility index (Phi) is 9.96. The van der Waals surface area contributed by atoms with Crippen LogP contribution >= 0.6 is 12.6 Å². The molecule has 4 unspecified atom stereocenters. The fourth-order valence-corrected chi connectivity index (χ4v) is 3.53. The molecule has 0 aromatic rings. The van der Waals surface area contributed by atoms with E-state index in [0.717, 1.165) is 11.8 Å². The maximum Gasteiger partial charge on any atom is 0.00508 e. The Balaban J connectivity index is 4.52. The molecule has 114 valence electrons. The van der Waals surface area contributed by atoms with E-state index in [0.29, 0.717) is 23.0 Å². The SMILES string of the molecule is C=CC(C(C)C)C(C)C(S)CC(CCCC)C(C)C. The molecule has 0 aromatic carbocycles. The van der Waals surface area contributed by atoms with Gasteiger partial charge in [-0.25, -0.2) is 0 Å². The lowest BCUT2D eigenvalue weighted by Gasteiger charge is -2.32. The van der Waals surface area contributed by atoms with Crippen LogP contribution in [0.15, 0.2) is 12.7 Å². The fraction of sp³-hybridized carbons (Fsp3) is 0.889. The number of unbranched alkanes of at least 4 members (excludes halogenated alkanes) is 1. The van der Waals surface area contributed by atoms with Crippen LogP contribution in [0.4, 0.5) is 0 Å². The molecule has 0 heterocycles. The summed E-state index contributed by atoms with van der Waals surface area (Å²) in [4.78, 5) is 0. The molecule has 0 spiro atoms. The second kappa shape index (κ2) is 9.91. The third-order valence-corrected chi connectivity index (χ3v) is 5.35. The second-order valence-electron chi connectivity index (χ2n) is 6.87. The van der Waals surface area contributed by atoms with Crippen LogP contribution in [0.3, 0.4) is 0 Å². The number of allylic oxidation sites excluding steroid dienone is 1. The van der Waals surface area contributed by atoms with E-state index in [1.807, 2.05) is 0 Å².